The van der Waals surface area contributed by atoms with Gasteiger partial charge in [0.05, 0.1) is 13.2 Å². The van der Waals surface area contributed by atoms with Crippen LogP contribution in [0.1, 0.15) is 6.42 Å². The molecule has 13 heavy (non-hydrogen) atoms. The van der Waals surface area contributed by atoms with Crippen LogP contribution in [0.4, 0.5) is 0 Å². The summed E-state index contributed by atoms with van der Waals surface area (Å²) >= 11 is 0. The monoisotopic (exact) mass is 186 g/mol. The van der Waals surface area contributed by atoms with E-state index in [9.17, 15) is 4.79 Å². The van der Waals surface area contributed by atoms with E-state index in [1.54, 1.807) is 0 Å². The molecule has 0 aromatic heterocycles. The molecule has 0 spiro atoms. The van der Waals surface area contributed by atoms with Crippen LogP contribution in [0, 0.1) is 6.57 Å². The van der Waals surface area contributed by atoms with Gasteiger partial charge in [0, 0.05) is 13.2 Å². The zero-order valence-corrected chi connectivity index (χ0v) is 7.45. The van der Waals surface area contributed by atoms with Crippen LogP contribution in [0.2, 0.25) is 0 Å². The van der Waals surface area contributed by atoms with Crippen molar-refractivity contribution in [2.24, 2.45) is 0 Å². The van der Waals surface area contributed by atoms with E-state index >= 15 is 0 Å². The molecule has 0 unspecified atom stereocenters. The molecular formula is C8H14N2O3. The van der Waals surface area contributed by atoms with Crippen molar-refractivity contribution in [3.8, 4) is 0 Å². The highest BCUT2D eigenvalue weighted by atomic mass is 16.5. The van der Waals surface area contributed by atoms with Gasteiger partial charge in [0.15, 0.2) is 0 Å². The molecule has 0 radical (unpaired) electrons. The first-order valence-corrected chi connectivity index (χ1v) is 4.09. The molecule has 5 nitrogen and oxygen atoms in total. The molecule has 0 heterocycles. The molecule has 0 aliphatic rings. The van der Waals surface area contributed by atoms with Crippen molar-refractivity contribution in [1.29, 1.82) is 0 Å². The molecule has 0 aliphatic carbocycles. The Morgan fingerprint density at radius 1 is 1.54 bits per heavy atom. The van der Waals surface area contributed by atoms with Gasteiger partial charge in [-0.1, -0.05) is 0 Å². The van der Waals surface area contributed by atoms with E-state index in [1.807, 2.05) is 0 Å². The zero-order valence-electron chi connectivity index (χ0n) is 7.45. The Morgan fingerprint density at radius 2 is 2.31 bits per heavy atom. The van der Waals surface area contributed by atoms with E-state index in [-0.39, 0.29) is 19.1 Å². The van der Waals surface area contributed by atoms with Gasteiger partial charge in [0.2, 0.25) is 0 Å². The second kappa shape index (κ2) is 8.97. The molecule has 0 saturated heterocycles. The molecule has 0 atom stereocenters. The Labute approximate surface area is 77.5 Å². The number of aliphatic hydroxyl groups excluding tert-OH is 1. The van der Waals surface area contributed by atoms with E-state index in [2.05, 4.69) is 10.2 Å². The van der Waals surface area contributed by atoms with E-state index in [4.69, 9.17) is 16.4 Å². The molecule has 74 valence electrons. The molecule has 0 aromatic carbocycles. The molecular weight excluding hydrogens is 172 g/mol. The third kappa shape index (κ3) is 8.79. The Hall–Kier alpha value is -1.12. The van der Waals surface area contributed by atoms with Gasteiger partial charge in [0.1, 0.15) is 0 Å². The number of nitrogens with zero attached hydrogens (tertiary/aromatic N) is 1. The van der Waals surface area contributed by atoms with Crippen LogP contribution in [0.5, 0.6) is 0 Å². The second-order valence-electron chi connectivity index (χ2n) is 2.36. The lowest BCUT2D eigenvalue weighted by Gasteiger charge is -2.02. The number of aliphatic hydroxyl groups is 1. The molecule has 0 saturated carbocycles. The number of rotatable bonds is 7. The van der Waals surface area contributed by atoms with Crippen LogP contribution in [0.3, 0.4) is 0 Å². The lowest BCUT2D eigenvalue weighted by Crippen LogP contribution is -2.26. The summed E-state index contributed by atoms with van der Waals surface area (Å²) in [5.41, 5.74) is 0. The van der Waals surface area contributed by atoms with Crippen molar-refractivity contribution in [1.82, 2.24) is 5.32 Å². The number of nitrogens with one attached hydrogen (secondary N) is 1. The first-order valence-electron chi connectivity index (χ1n) is 4.09. The number of hydrogen-bond donors (Lipinski definition) is 2. The van der Waals surface area contributed by atoms with Crippen LogP contribution in [0.15, 0.2) is 0 Å². The predicted molar refractivity (Wildman–Crippen MR) is 47.0 cm³/mol. The molecule has 5 heteroatoms. The smallest absolute Gasteiger partial charge is 0.300 e. The highest BCUT2D eigenvalue weighted by Gasteiger charge is 2.00. The Kier molecular flexibility index (Phi) is 8.20. The van der Waals surface area contributed by atoms with Crippen molar-refractivity contribution in [3.63, 3.8) is 0 Å². The molecule has 0 fully saturated rings. The van der Waals surface area contributed by atoms with E-state index in [0.717, 1.165) is 0 Å². The lowest BCUT2D eigenvalue weighted by atomic mass is 10.4. The molecule has 0 bridgehead atoms. The Bertz CT molecular complexity index is 177. The van der Waals surface area contributed by atoms with Gasteiger partial charge in [-0.05, 0) is 6.42 Å². The van der Waals surface area contributed by atoms with E-state index < -0.39 is 0 Å². The first kappa shape index (κ1) is 11.9. The van der Waals surface area contributed by atoms with Crippen LogP contribution in [-0.4, -0.2) is 43.9 Å². The summed E-state index contributed by atoms with van der Waals surface area (Å²) in [6.45, 7) is 7.68. The van der Waals surface area contributed by atoms with Gasteiger partial charge in [-0.25, -0.2) is 6.57 Å². The van der Waals surface area contributed by atoms with Gasteiger partial charge in [-0.15, -0.1) is 0 Å². The number of hydrogen-bond acceptors (Lipinski definition) is 3. The standard InChI is InChI=1S/C8H14N2O3/c1-9-7-8(12)10-3-2-5-13-6-4-11/h11H,2-7H2,(H,10,12). The van der Waals surface area contributed by atoms with Gasteiger partial charge >= 0.3 is 0 Å². The maximum Gasteiger partial charge on any atom is 0.300 e. The normalized spacial score (nSPS) is 9.23. The number of amides is 1. The zero-order chi connectivity index (χ0) is 9.94. The predicted octanol–water partition coefficient (Wildman–Crippen LogP) is -0.579. The third-order valence-electron chi connectivity index (χ3n) is 1.25. The number of ether oxygens (including phenoxy) is 1. The summed E-state index contributed by atoms with van der Waals surface area (Å²) in [5, 5.41) is 10.9. The summed E-state index contributed by atoms with van der Waals surface area (Å²) in [6, 6.07) is 0. The first-order chi connectivity index (χ1) is 6.31. The molecule has 2 N–H and O–H groups in total. The fourth-order valence-corrected chi connectivity index (χ4v) is 0.696. The van der Waals surface area contributed by atoms with Crippen molar-refractivity contribution < 1.29 is 14.6 Å². The molecule has 1 amide bonds. The molecule has 0 aromatic rings. The third-order valence-corrected chi connectivity index (χ3v) is 1.25. The highest BCUT2D eigenvalue weighted by Crippen LogP contribution is 1.80. The summed E-state index contributed by atoms with van der Waals surface area (Å²) in [7, 11) is 0. The minimum atomic E-state index is -0.253. The van der Waals surface area contributed by atoms with Crippen LogP contribution < -0.4 is 5.32 Å². The minimum Gasteiger partial charge on any atom is -0.394 e. The summed E-state index contributed by atoms with van der Waals surface area (Å²) in [4.78, 5) is 13.7. The fraction of sp³-hybridized carbons (Fsp3) is 0.750. The van der Waals surface area contributed by atoms with Crippen molar-refractivity contribution in [2.45, 2.75) is 6.42 Å². The fourth-order valence-electron chi connectivity index (χ4n) is 0.696. The quantitative estimate of drug-likeness (QED) is 0.413. The number of carbonyl (C=O) groups is 1. The van der Waals surface area contributed by atoms with Gasteiger partial charge in [-0.2, -0.15) is 0 Å². The van der Waals surface area contributed by atoms with Gasteiger partial charge in [0.25, 0.3) is 12.5 Å². The van der Waals surface area contributed by atoms with E-state index in [0.29, 0.717) is 26.2 Å². The largest absolute Gasteiger partial charge is 0.394 e. The highest BCUT2D eigenvalue weighted by molar-refractivity contribution is 5.79. The SMILES string of the molecule is [C-]#[N+]CC(=O)NCCCOCCO. The Balaban J connectivity index is 3.08. The van der Waals surface area contributed by atoms with Crippen LogP contribution in [0.25, 0.3) is 4.85 Å². The molecule has 0 rings (SSSR count). The molecule has 0 aliphatic heterocycles. The van der Waals surface area contributed by atoms with Crippen LogP contribution >= 0.6 is 0 Å². The minimum absolute atomic E-state index is 0.0179. The topological polar surface area (TPSA) is 62.9 Å². The van der Waals surface area contributed by atoms with Gasteiger partial charge in [-0.3, -0.25) is 4.79 Å². The van der Waals surface area contributed by atoms with Crippen LogP contribution in [-0.2, 0) is 9.53 Å². The summed E-state index contributed by atoms with van der Waals surface area (Å²) in [5.74, 6) is -0.253. The second-order valence-corrected chi connectivity index (χ2v) is 2.36. The average molecular weight is 186 g/mol. The maximum absolute atomic E-state index is 10.7. The van der Waals surface area contributed by atoms with Crippen molar-refractivity contribution in [3.05, 3.63) is 11.4 Å². The Morgan fingerprint density at radius 3 is 2.92 bits per heavy atom. The van der Waals surface area contributed by atoms with E-state index in [1.165, 1.54) is 0 Å². The lowest BCUT2D eigenvalue weighted by molar-refractivity contribution is -0.119. The summed E-state index contributed by atoms with van der Waals surface area (Å²) in [6.07, 6.45) is 0.698. The maximum atomic E-state index is 10.7. The summed E-state index contributed by atoms with van der Waals surface area (Å²) < 4.78 is 4.96. The average Bonchev–Trinajstić information content (AvgIpc) is 2.11. The van der Waals surface area contributed by atoms with Crippen molar-refractivity contribution in [2.75, 3.05) is 32.9 Å². The van der Waals surface area contributed by atoms with Gasteiger partial charge < -0.3 is 20.0 Å². The van der Waals surface area contributed by atoms with Crippen molar-refractivity contribution >= 4 is 5.91 Å². The number of carbonyl (C=O) groups excluding carboxylic acids is 1.